The summed E-state index contributed by atoms with van der Waals surface area (Å²) >= 11 is 0. The van der Waals surface area contributed by atoms with Gasteiger partial charge in [0, 0.05) is 50.9 Å². The summed E-state index contributed by atoms with van der Waals surface area (Å²) in [4.78, 5) is 32.1. The van der Waals surface area contributed by atoms with Crippen LogP contribution in [0.3, 0.4) is 0 Å². The summed E-state index contributed by atoms with van der Waals surface area (Å²) in [7, 11) is 1.62. The summed E-state index contributed by atoms with van der Waals surface area (Å²) < 4.78 is 17.1. The Balaban J connectivity index is 1.11. The molecule has 5 heterocycles. The number of nitrogens with zero attached hydrogens (tertiary/aromatic N) is 7. The number of nitrogens with one attached hydrogen (secondary N) is 1. The standard InChI is InChI=1S/C31H36N8O5/c1-20(40)30(41)39-10-8-24(17-39)44-27-5-3-21(15-22(27)16-32)25-7-9-33-31(34-25)36-28-6-4-26(29(35-28)42-2)38-13-11-37(12-14-38)23-18-43-19-23/h3-7,9,15,20,23-24,40H,8,10-14,17-19H2,1-2H3,(H,33,34,35,36)/t20-,24?/m1/s1. The van der Waals surface area contributed by atoms with Crippen LogP contribution in [0, 0.1) is 11.3 Å². The summed E-state index contributed by atoms with van der Waals surface area (Å²) in [6.07, 6.45) is 0.962. The maximum absolute atomic E-state index is 12.1. The molecule has 44 heavy (non-hydrogen) atoms. The highest BCUT2D eigenvalue weighted by atomic mass is 16.5. The highest BCUT2D eigenvalue weighted by Crippen LogP contribution is 2.31. The van der Waals surface area contributed by atoms with Crippen LogP contribution in [0.15, 0.2) is 42.6 Å². The molecule has 13 heteroatoms. The molecule has 6 rings (SSSR count). The number of methoxy groups -OCH3 is 1. The van der Waals surface area contributed by atoms with Crippen LogP contribution < -0.4 is 19.7 Å². The second kappa shape index (κ2) is 13.0. The summed E-state index contributed by atoms with van der Waals surface area (Å²) in [5, 5.41) is 22.6. The van der Waals surface area contributed by atoms with Gasteiger partial charge in [-0.25, -0.2) is 9.97 Å². The van der Waals surface area contributed by atoms with Crippen LogP contribution >= 0.6 is 0 Å². The number of aliphatic hydroxyl groups excluding tert-OH is 1. The number of piperazine rings is 1. The molecule has 1 amide bonds. The molecular formula is C31H36N8O5. The Hall–Kier alpha value is -4.51. The molecule has 2 N–H and O–H groups in total. The Morgan fingerprint density at radius 1 is 1.14 bits per heavy atom. The zero-order valence-corrected chi connectivity index (χ0v) is 24.8. The van der Waals surface area contributed by atoms with E-state index in [1.807, 2.05) is 18.2 Å². The molecule has 0 saturated carbocycles. The molecule has 3 aliphatic rings. The number of carbonyl (C=O) groups excluding carboxylic acids is 1. The zero-order chi connectivity index (χ0) is 30.6. The molecule has 3 fully saturated rings. The number of benzene rings is 1. The molecule has 3 aromatic rings. The number of nitriles is 1. The predicted octanol–water partition coefficient (Wildman–Crippen LogP) is 2.04. The highest BCUT2D eigenvalue weighted by molar-refractivity contribution is 5.80. The average Bonchev–Trinajstić information content (AvgIpc) is 3.49. The molecule has 0 aliphatic carbocycles. The lowest BCUT2D eigenvalue weighted by Gasteiger charge is -2.43. The largest absolute Gasteiger partial charge is 0.487 e. The van der Waals surface area contributed by atoms with E-state index in [1.54, 1.807) is 36.4 Å². The van der Waals surface area contributed by atoms with Crippen LogP contribution in [0.4, 0.5) is 17.5 Å². The van der Waals surface area contributed by atoms with Crippen molar-refractivity contribution >= 4 is 23.4 Å². The van der Waals surface area contributed by atoms with Gasteiger partial charge in [-0.2, -0.15) is 10.2 Å². The summed E-state index contributed by atoms with van der Waals surface area (Å²) in [6, 6.07) is 13.7. The first-order chi connectivity index (χ1) is 21.4. The van der Waals surface area contributed by atoms with E-state index in [9.17, 15) is 15.2 Å². The number of aliphatic hydroxyl groups is 1. The first-order valence-electron chi connectivity index (χ1n) is 14.8. The number of rotatable bonds is 9. The second-order valence-corrected chi connectivity index (χ2v) is 11.1. The Bertz CT molecular complexity index is 1530. The molecule has 1 aromatic carbocycles. The molecule has 0 spiro atoms. The van der Waals surface area contributed by atoms with Crippen LogP contribution in [-0.2, 0) is 9.53 Å². The molecule has 230 valence electrons. The van der Waals surface area contributed by atoms with Crippen LogP contribution in [0.2, 0.25) is 0 Å². The first kappa shape index (κ1) is 29.6. The lowest BCUT2D eigenvalue weighted by atomic mass is 10.1. The fourth-order valence-corrected chi connectivity index (χ4v) is 5.70. The number of aromatic nitrogens is 3. The minimum Gasteiger partial charge on any atom is -0.487 e. The van der Waals surface area contributed by atoms with Crippen molar-refractivity contribution in [2.75, 3.05) is 69.8 Å². The molecule has 2 atom stereocenters. The molecule has 1 unspecified atom stereocenters. The van der Waals surface area contributed by atoms with E-state index in [0.29, 0.717) is 60.2 Å². The van der Waals surface area contributed by atoms with Gasteiger partial charge >= 0.3 is 0 Å². The van der Waals surface area contributed by atoms with E-state index < -0.39 is 6.10 Å². The van der Waals surface area contributed by atoms with E-state index in [2.05, 4.69) is 36.1 Å². The third-order valence-corrected chi connectivity index (χ3v) is 8.22. The highest BCUT2D eigenvalue weighted by Gasteiger charge is 2.31. The van der Waals surface area contributed by atoms with Crippen molar-refractivity contribution in [3.8, 4) is 29.0 Å². The number of anilines is 3. The minimum atomic E-state index is -1.05. The SMILES string of the molecule is COc1nc(Nc2nccc(-c3ccc(OC4CCN(C(=O)[C@@H](C)O)C4)c(C#N)c3)n2)ccc1N1CCN(C2COC2)CC1. The van der Waals surface area contributed by atoms with Gasteiger partial charge in [-0.05, 0) is 43.3 Å². The molecule has 13 nitrogen and oxygen atoms in total. The second-order valence-electron chi connectivity index (χ2n) is 11.1. The number of amides is 1. The van der Waals surface area contributed by atoms with Gasteiger partial charge in [-0.3, -0.25) is 9.69 Å². The van der Waals surface area contributed by atoms with Crippen LogP contribution in [0.1, 0.15) is 18.9 Å². The van der Waals surface area contributed by atoms with E-state index in [1.165, 1.54) is 6.92 Å². The third-order valence-electron chi connectivity index (χ3n) is 8.22. The van der Waals surface area contributed by atoms with Crippen molar-refractivity contribution in [2.45, 2.75) is 31.6 Å². The number of hydrogen-bond acceptors (Lipinski definition) is 12. The van der Waals surface area contributed by atoms with Crippen molar-refractivity contribution in [3.63, 3.8) is 0 Å². The number of ether oxygens (including phenoxy) is 3. The quantitative estimate of drug-likeness (QED) is 0.370. The Labute approximate surface area is 256 Å². The maximum Gasteiger partial charge on any atom is 0.251 e. The topological polar surface area (TPSA) is 149 Å². The van der Waals surface area contributed by atoms with Gasteiger partial charge in [0.05, 0.1) is 44.2 Å². The first-order valence-corrected chi connectivity index (χ1v) is 14.8. The van der Waals surface area contributed by atoms with Crippen LogP contribution in [0.25, 0.3) is 11.3 Å². The normalized spacial score (nSPS) is 19.6. The molecule has 3 aliphatic heterocycles. The monoisotopic (exact) mass is 600 g/mol. The fraction of sp³-hybridized carbons (Fsp3) is 0.452. The van der Waals surface area contributed by atoms with Gasteiger partial charge < -0.3 is 34.4 Å². The Kier molecular flexibility index (Phi) is 8.74. The van der Waals surface area contributed by atoms with E-state index in [4.69, 9.17) is 14.2 Å². The van der Waals surface area contributed by atoms with Crippen LogP contribution in [-0.4, -0.2) is 114 Å². The van der Waals surface area contributed by atoms with Gasteiger partial charge in [-0.1, -0.05) is 0 Å². The average molecular weight is 601 g/mol. The molecule has 2 aromatic heterocycles. The maximum atomic E-state index is 12.1. The summed E-state index contributed by atoms with van der Waals surface area (Å²) in [6.45, 7) is 7.70. The molecule has 0 radical (unpaired) electrons. The lowest BCUT2D eigenvalue weighted by Crippen LogP contribution is -2.56. The van der Waals surface area contributed by atoms with Gasteiger partial charge in [-0.15, -0.1) is 0 Å². The minimum absolute atomic E-state index is 0.256. The van der Waals surface area contributed by atoms with Gasteiger partial charge in [0.1, 0.15) is 35.5 Å². The van der Waals surface area contributed by atoms with Gasteiger partial charge in [0.25, 0.3) is 5.91 Å². The van der Waals surface area contributed by atoms with E-state index >= 15 is 0 Å². The fourth-order valence-electron chi connectivity index (χ4n) is 5.70. The Morgan fingerprint density at radius 3 is 2.66 bits per heavy atom. The number of pyridine rings is 1. The summed E-state index contributed by atoms with van der Waals surface area (Å²) in [5.74, 6) is 1.55. The number of likely N-dealkylation sites (tertiary alicyclic amines) is 1. The molecular weight excluding hydrogens is 564 g/mol. The molecule has 3 saturated heterocycles. The number of carbonyl (C=O) groups is 1. The predicted molar refractivity (Wildman–Crippen MR) is 162 cm³/mol. The molecule has 0 bridgehead atoms. The Morgan fingerprint density at radius 2 is 1.95 bits per heavy atom. The zero-order valence-electron chi connectivity index (χ0n) is 24.8. The summed E-state index contributed by atoms with van der Waals surface area (Å²) in [5.41, 5.74) is 2.66. The van der Waals surface area contributed by atoms with Crippen molar-refractivity contribution in [3.05, 3.63) is 48.2 Å². The van der Waals surface area contributed by atoms with E-state index in [0.717, 1.165) is 50.6 Å². The third kappa shape index (κ3) is 6.37. The van der Waals surface area contributed by atoms with Crippen molar-refractivity contribution in [1.82, 2.24) is 24.8 Å². The van der Waals surface area contributed by atoms with Crippen molar-refractivity contribution < 1.29 is 24.1 Å². The van der Waals surface area contributed by atoms with Crippen LogP contribution in [0.5, 0.6) is 11.6 Å². The number of hydrogen-bond donors (Lipinski definition) is 2. The lowest BCUT2D eigenvalue weighted by molar-refractivity contribution is -0.138. The van der Waals surface area contributed by atoms with Gasteiger partial charge in [0.2, 0.25) is 11.8 Å². The van der Waals surface area contributed by atoms with Crippen molar-refractivity contribution in [1.29, 1.82) is 5.26 Å². The van der Waals surface area contributed by atoms with Gasteiger partial charge in [0.15, 0.2) is 0 Å². The smallest absolute Gasteiger partial charge is 0.251 e. The van der Waals surface area contributed by atoms with E-state index in [-0.39, 0.29) is 12.0 Å². The van der Waals surface area contributed by atoms with Crippen molar-refractivity contribution in [2.24, 2.45) is 0 Å².